The monoisotopic (exact) mass is 257 g/mol. The van der Waals surface area contributed by atoms with E-state index in [1.54, 1.807) is 0 Å². The summed E-state index contributed by atoms with van der Waals surface area (Å²) < 4.78 is 11.2. The third kappa shape index (κ3) is 3.67. The molecule has 0 spiro atoms. The Bertz CT molecular complexity index is 239. The van der Waals surface area contributed by atoms with E-state index in [0.717, 1.165) is 52.3 Å². The van der Waals surface area contributed by atoms with E-state index >= 15 is 0 Å². The Labute approximate surface area is 110 Å². The van der Waals surface area contributed by atoms with Crippen molar-refractivity contribution in [2.45, 2.75) is 38.7 Å². The van der Waals surface area contributed by atoms with Gasteiger partial charge in [0.25, 0.3) is 0 Å². The van der Waals surface area contributed by atoms with Gasteiger partial charge >= 0.3 is 0 Å². The van der Waals surface area contributed by atoms with Crippen molar-refractivity contribution in [3.05, 3.63) is 0 Å². The van der Waals surface area contributed by atoms with E-state index in [2.05, 4.69) is 11.8 Å². The van der Waals surface area contributed by atoms with E-state index in [9.17, 15) is 5.11 Å². The van der Waals surface area contributed by atoms with Crippen molar-refractivity contribution in [2.24, 2.45) is 5.41 Å². The van der Waals surface area contributed by atoms with Gasteiger partial charge in [-0.15, -0.1) is 0 Å². The molecule has 4 heteroatoms. The maximum Gasteiger partial charge on any atom is 0.0702 e. The smallest absolute Gasteiger partial charge is 0.0702 e. The zero-order chi connectivity index (χ0) is 12.8. The molecule has 0 aliphatic carbocycles. The first-order valence-electron chi connectivity index (χ1n) is 7.30. The predicted molar refractivity (Wildman–Crippen MR) is 70.7 cm³/mol. The average Bonchev–Trinajstić information content (AvgIpc) is 2.41. The summed E-state index contributed by atoms with van der Waals surface area (Å²) in [7, 11) is 0. The van der Waals surface area contributed by atoms with Gasteiger partial charge in [0.1, 0.15) is 0 Å². The molecule has 2 heterocycles. The van der Waals surface area contributed by atoms with E-state index in [0.29, 0.717) is 6.10 Å². The lowest BCUT2D eigenvalue weighted by atomic mass is 9.80. The third-order valence-electron chi connectivity index (χ3n) is 4.31. The van der Waals surface area contributed by atoms with E-state index in [1.807, 2.05) is 0 Å². The van der Waals surface area contributed by atoms with Crippen LogP contribution in [0.1, 0.15) is 32.6 Å². The maximum atomic E-state index is 9.73. The minimum atomic E-state index is 0.0619. The molecule has 2 aliphatic rings. The van der Waals surface area contributed by atoms with Crippen LogP contribution in [0.3, 0.4) is 0 Å². The lowest BCUT2D eigenvalue weighted by Crippen LogP contribution is -2.48. The van der Waals surface area contributed by atoms with Crippen LogP contribution in [0.15, 0.2) is 0 Å². The van der Waals surface area contributed by atoms with Gasteiger partial charge in [0, 0.05) is 38.3 Å². The number of likely N-dealkylation sites (tertiary alicyclic amines) is 1. The van der Waals surface area contributed by atoms with Gasteiger partial charge < -0.3 is 19.5 Å². The Morgan fingerprint density at radius 3 is 2.83 bits per heavy atom. The van der Waals surface area contributed by atoms with Crippen molar-refractivity contribution in [3.63, 3.8) is 0 Å². The molecule has 1 atom stereocenters. The molecule has 4 nitrogen and oxygen atoms in total. The van der Waals surface area contributed by atoms with Crippen LogP contribution in [0.5, 0.6) is 0 Å². The first kappa shape index (κ1) is 14.3. The van der Waals surface area contributed by atoms with E-state index in [-0.39, 0.29) is 12.0 Å². The van der Waals surface area contributed by atoms with E-state index in [1.165, 1.54) is 12.8 Å². The molecule has 106 valence electrons. The fraction of sp³-hybridized carbons (Fsp3) is 1.00. The summed E-state index contributed by atoms with van der Waals surface area (Å²) in [5.74, 6) is 0. The van der Waals surface area contributed by atoms with Crippen molar-refractivity contribution in [1.82, 2.24) is 4.90 Å². The van der Waals surface area contributed by atoms with Crippen molar-refractivity contribution in [1.29, 1.82) is 0 Å². The number of nitrogens with zero attached hydrogens (tertiary/aromatic N) is 1. The van der Waals surface area contributed by atoms with Crippen LogP contribution < -0.4 is 0 Å². The van der Waals surface area contributed by atoms with Gasteiger partial charge in [-0.05, 0) is 39.2 Å². The van der Waals surface area contributed by atoms with Crippen LogP contribution >= 0.6 is 0 Å². The molecule has 0 aromatic carbocycles. The van der Waals surface area contributed by atoms with Crippen molar-refractivity contribution in [2.75, 3.05) is 46.1 Å². The Balaban J connectivity index is 1.86. The van der Waals surface area contributed by atoms with Gasteiger partial charge in [0.05, 0.1) is 12.7 Å². The van der Waals surface area contributed by atoms with E-state index in [4.69, 9.17) is 9.47 Å². The van der Waals surface area contributed by atoms with Gasteiger partial charge in [0.15, 0.2) is 0 Å². The molecule has 18 heavy (non-hydrogen) atoms. The SMILES string of the molecule is CCOC1CCCN(CC2(CO)CCOCC2)C1. The number of hydrogen-bond donors (Lipinski definition) is 1. The summed E-state index contributed by atoms with van der Waals surface area (Å²) in [6, 6.07) is 0. The van der Waals surface area contributed by atoms with Gasteiger partial charge in [-0.25, -0.2) is 0 Å². The predicted octanol–water partition coefficient (Wildman–Crippen LogP) is 1.28. The minimum absolute atomic E-state index is 0.0619. The van der Waals surface area contributed by atoms with Crippen LogP contribution in [0, 0.1) is 5.41 Å². The molecule has 0 aromatic rings. The molecular weight excluding hydrogens is 230 g/mol. The zero-order valence-corrected chi connectivity index (χ0v) is 11.6. The van der Waals surface area contributed by atoms with Crippen molar-refractivity contribution < 1.29 is 14.6 Å². The molecule has 2 saturated heterocycles. The fourth-order valence-electron chi connectivity index (χ4n) is 3.17. The number of piperidine rings is 1. The first-order chi connectivity index (χ1) is 8.78. The molecule has 2 fully saturated rings. The summed E-state index contributed by atoms with van der Waals surface area (Å²) in [6.45, 7) is 7.90. The summed E-state index contributed by atoms with van der Waals surface area (Å²) in [5.41, 5.74) is 0.0619. The highest BCUT2D eigenvalue weighted by Gasteiger charge is 2.35. The number of rotatable bonds is 5. The Hall–Kier alpha value is -0.160. The van der Waals surface area contributed by atoms with E-state index < -0.39 is 0 Å². The fourth-order valence-corrected chi connectivity index (χ4v) is 3.17. The third-order valence-corrected chi connectivity index (χ3v) is 4.31. The molecule has 1 unspecified atom stereocenters. The van der Waals surface area contributed by atoms with Crippen molar-refractivity contribution in [3.8, 4) is 0 Å². The topological polar surface area (TPSA) is 41.9 Å². The van der Waals surface area contributed by atoms with Gasteiger partial charge in [-0.3, -0.25) is 0 Å². The number of hydrogen-bond acceptors (Lipinski definition) is 4. The Kier molecular flexibility index (Phi) is 5.42. The Morgan fingerprint density at radius 1 is 1.39 bits per heavy atom. The summed E-state index contributed by atoms with van der Waals surface area (Å²) in [5, 5.41) is 9.73. The molecule has 2 aliphatic heterocycles. The summed E-state index contributed by atoms with van der Waals surface area (Å²) >= 11 is 0. The Morgan fingerprint density at radius 2 is 2.17 bits per heavy atom. The molecule has 2 rings (SSSR count). The zero-order valence-electron chi connectivity index (χ0n) is 11.6. The second-order valence-corrected chi connectivity index (χ2v) is 5.73. The second-order valence-electron chi connectivity index (χ2n) is 5.73. The number of ether oxygens (including phenoxy) is 2. The highest BCUT2D eigenvalue weighted by molar-refractivity contribution is 4.86. The van der Waals surface area contributed by atoms with Crippen LogP contribution in [-0.2, 0) is 9.47 Å². The lowest BCUT2D eigenvalue weighted by Gasteiger charge is -2.42. The van der Waals surface area contributed by atoms with Crippen molar-refractivity contribution >= 4 is 0 Å². The molecule has 0 saturated carbocycles. The standard InChI is InChI=1S/C14H27NO3/c1-2-18-13-4-3-7-15(10-13)11-14(12-16)5-8-17-9-6-14/h13,16H,2-12H2,1H3. The van der Waals surface area contributed by atoms with Crippen LogP contribution in [0.25, 0.3) is 0 Å². The van der Waals surface area contributed by atoms with Crippen LogP contribution in [-0.4, -0.2) is 62.2 Å². The van der Waals surface area contributed by atoms with Gasteiger partial charge in [-0.2, -0.15) is 0 Å². The number of aliphatic hydroxyl groups is 1. The average molecular weight is 257 g/mol. The van der Waals surface area contributed by atoms with Gasteiger partial charge in [-0.1, -0.05) is 0 Å². The number of aliphatic hydroxyl groups excluding tert-OH is 1. The van der Waals surface area contributed by atoms with Crippen LogP contribution in [0.4, 0.5) is 0 Å². The second kappa shape index (κ2) is 6.85. The quantitative estimate of drug-likeness (QED) is 0.805. The molecule has 1 N–H and O–H groups in total. The normalized spacial score (nSPS) is 29.3. The molecule has 0 amide bonds. The largest absolute Gasteiger partial charge is 0.396 e. The summed E-state index contributed by atoms with van der Waals surface area (Å²) in [4.78, 5) is 2.48. The molecule has 0 radical (unpaired) electrons. The lowest BCUT2D eigenvalue weighted by molar-refractivity contribution is -0.0544. The highest BCUT2D eigenvalue weighted by atomic mass is 16.5. The van der Waals surface area contributed by atoms with Gasteiger partial charge in [0.2, 0.25) is 0 Å². The molecule has 0 bridgehead atoms. The van der Waals surface area contributed by atoms with Crippen LogP contribution in [0.2, 0.25) is 0 Å². The maximum absolute atomic E-state index is 9.73. The first-order valence-corrected chi connectivity index (χ1v) is 7.30. The molecular formula is C14H27NO3. The summed E-state index contributed by atoms with van der Waals surface area (Å²) in [6.07, 6.45) is 4.75. The minimum Gasteiger partial charge on any atom is -0.396 e. The molecule has 0 aromatic heterocycles. The highest BCUT2D eigenvalue weighted by Crippen LogP contribution is 2.32.